The number of carbonyl (C=O) groups is 2. The highest BCUT2D eigenvalue weighted by Gasteiger charge is 2.32. The van der Waals surface area contributed by atoms with E-state index in [1.54, 1.807) is 4.90 Å². The Bertz CT molecular complexity index is 567. The maximum absolute atomic E-state index is 12.3. The molecule has 0 radical (unpaired) electrons. The first-order chi connectivity index (χ1) is 10.2. The number of aromatic nitrogens is 2. The Balaban J connectivity index is 2.02. The predicted molar refractivity (Wildman–Crippen MR) is 84.1 cm³/mol. The molecule has 1 saturated heterocycles. The summed E-state index contributed by atoms with van der Waals surface area (Å²) >= 11 is 1.34. The molecule has 0 bridgehead atoms. The average molecular weight is 326 g/mol. The molecule has 7 nitrogen and oxygen atoms in total. The number of carboxylic acid groups (broad SMARTS) is 1. The number of anilines is 1. The molecule has 1 aliphatic rings. The molecule has 0 aromatic carbocycles. The molecule has 1 aliphatic heterocycles. The normalized spacial score (nSPS) is 22.5. The van der Waals surface area contributed by atoms with Gasteiger partial charge in [0, 0.05) is 18.5 Å². The minimum absolute atomic E-state index is 0.116. The topological polar surface area (TPSA) is 95.4 Å². The SMILES string of the molecule is CC1CC(C(=O)O)CN(C(=O)Nc2nnc(C(C)(C)C)s2)C1. The van der Waals surface area contributed by atoms with Gasteiger partial charge in [-0.25, -0.2) is 4.79 Å². The molecular formula is C14H22N4O3S. The minimum Gasteiger partial charge on any atom is -0.481 e. The van der Waals surface area contributed by atoms with Crippen molar-refractivity contribution in [2.45, 2.75) is 39.5 Å². The fraction of sp³-hybridized carbons (Fsp3) is 0.714. The molecule has 122 valence electrons. The number of amides is 2. The molecular weight excluding hydrogens is 304 g/mol. The van der Waals surface area contributed by atoms with Gasteiger partial charge in [-0.05, 0) is 12.3 Å². The lowest BCUT2D eigenvalue weighted by atomic mass is 9.91. The summed E-state index contributed by atoms with van der Waals surface area (Å²) in [5.74, 6) is -1.19. The highest BCUT2D eigenvalue weighted by molar-refractivity contribution is 7.15. The van der Waals surface area contributed by atoms with Crippen LogP contribution in [0.25, 0.3) is 0 Å². The summed E-state index contributed by atoms with van der Waals surface area (Å²) < 4.78 is 0. The van der Waals surface area contributed by atoms with Crippen molar-refractivity contribution in [1.29, 1.82) is 0 Å². The van der Waals surface area contributed by atoms with Gasteiger partial charge in [0.2, 0.25) is 5.13 Å². The van der Waals surface area contributed by atoms with E-state index in [9.17, 15) is 9.59 Å². The molecule has 2 N–H and O–H groups in total. The number of likely N-dealkylation sites (tertiary alicyclic amines) is 1. The van der Waals surface area contributed by atoms with Crippen LogP contribution in [0.1, 0.15) is 39.1 Å². The highest BCUT2D eigenvalue weighted by atomic mass is 32.1. The Kier molecular flexibility index (Phi) is 4.69. The fourth-order valence-electron chi connectivity index (χ4n) is 2.44. The molecule has 1 aromatic rings. The van der Waals surface area contributed by atoms with Crippen molar-refractivity contribution in [3.05, 3.63) is 5.01 Å². The second-order valence-electron chi connectivity index (χ2n) is 6.87. The van der Waals surface area contributed by atoms with Gasteiger partial charge in [0.05, 0.1) is 5.92 Å². The second-order valence-corrected chi connectivity index (χ2v) is 7.85. The van der Waals surface area contributed by atoms with Crippen LogP contribution in [0.3, 0.4) is 0 Å². The Hall–Kier alpha value is -1.70. The second kappa shape index (κ2) is 6.20. The molecule has 8 heteroatoms. The Morgan fingerprint density at radius 3 is 2.55 bits per heavy atom. The van der Waals surface area contributed by atoms with Crippen LogP contribution in [0.5, 0.6) is 0 Å². The number of hydrogen-bond donors (Lipinski definition) is 2. The Labute approximate surface area is 133 Å². The van der Waals surface area contributed by atoms with Gasteiger partial charge in [0.1, 0.15) is 5.01 Å². The Morgan fingerprint density at radius 1 is 1.32 bits per heavy atom. The van der Waals surface area contributed by atoms with Gasteiger partial charge >= 0.3 is 12.0 Å². The average Bonchev–Trinajstić information content (AvgIpc) is 2.86. The predicted octanol–water partition coefficient (Wildman–Crippen LogP) is 2.41. The smallest absolute Gasteiger partial charge is 0.323 e. The van der Waals surface area contributed by atoms with Gasteiger partial charge in [-0.1, -0.05) is 39.0 Å². The van der Waals surface area contributed by atoms with E-state index in [-0.39, 0.29) is 23.9 Å². The third-order valence-electron chi connectivity index (χ3n) is 3.58. The van der Waals surface area contributed by atoms with Crippen molar-refractivity contribution in [1.82, 2.24) is 15.1 Å². The van der Waals surface area contributed by atoms with Crippen molar-refractivity contribution in [3.63, 3.8) is 0 Å². The van der Waals surface area contributed by atoms with Crippen molar-refractivity contribution in [2.24, 2.45) is 11.8 Å². The van der Waals surface area contributed by atoms with Crippen LogP contribution in [0.4, 0.5) is 9.93 Å². The molecule has 1 aromatic heterocycles. The number of hydrogen-bond acceptors (Lipinski definition) is 5. The molecule has 2 amide bonds. The summed E-state index contributed by atoms with van der Waals surface area (Å²) in [6.45, 7) is 8.84. The highest BCUT2D eigenvalue weighted by Crippen LogP contribution is 2.28. The molecule has 2 unspecified atom stereocenters. The van der Waals surface area contributed by atoms with Crippen LogP contribution in [0.15, 0.2) is 0 Å². The van der Waals surface area contributed by atoms with Crippen molar-refractivity contribution in [2.75, 3.05) is 18.4 Å². The summed E-state index contributed by atoms with van der Waals surface area (Å²) in [5.41, 5.74) is -0.116. The third kappa shape index (κ3) is 3.94. The molecule has 0 aliphatic carbocycles. The number of aliphatic carboxylic acids is 1. The maximum atomic E-state index is 12.3. The number of nitrogens with zero attached hydrogens (tertiary/aromatic N) is 3. The minimum atomic E-state index is -0.852. The number of piperidine rings is 1. The summed E-state index contributed by atoms with van der Waals surface area (Å²) in [6.07, 6.45) is 0.603. The van der Waals surface area contributed by atoms with Crippen LogP contribution < -0.4 is 5.32 Å². The fourth-order valence-corrected chi connectivity index (χ4v) is 3.23. The Morgan fingerprint density at radius 2 is 2.00 bits per heavy atom. The van der Waals surface area contributed by atoms with Gasteiger partial charge < -0.3 is 10.0 Å². The number of carboxylic acids is 1. The third-order valence-corrected chi connectivity index (χ3v) is 4.84. The van der Waals surface area contributed by atoms with E-state index in [2.05, 4.69) is 15.5 Å². The molecule has 1 fully saturated rings. The van der Waals surface area contributed by atoms with Crippen LogP contribution >= 0.6 is 11.3 Å². The quantitative estimate of drug-likeness (QED) is 0.870. The summed E-state index contributed by atoms with van der Waals surface area (Å²) in [7, 11) is 0. The van der Waals surface area contributed by atoms with Crippen LogP contribution in [-0.2, 0) is 10.2 Å². The van der Waals surface area contributed by atoms with Crippen molar-refractivity contribution >= 4 is 28.5 Å². The lowest BCUT2D eigenvalue weighted by molar-refractivity contribution is -0.143. The van der Waals surface area contributed by atoms with Gasteiger partial charge in [-0.2, -0.15) is 0 Å². The molecule has 2 atom stereocenters. The molecule has 0 spiro atoms. The summed E-state index contributed by atoms with van der Waals surface area (Å²) in [6, 6.07) is -0.311. The first-order valence-electron chi connectivity index (χ1n) is 7.29. The first-order valence-corrected chi connectivity index (χ1v) is 8.11. The van der Waals surface area contributed by atoms with Crippen LogP contribution in [0, 0.1) is 11.8 Å². The maximum Gasteiger partial charge on any atom is 0.323 e. The zero-order valence-electron chi connectivity index (χ0n) is 13.3. The lowest BCUT2D eigenvalue weighted by Gasteiger charge is -2.34. The van der Waals surface area contributed by atoms with Gasteiger partial charge in [0.15, 0.2) is 0 Å². The van der Waals surface area contributed by atoms with Crippen LogP contribution in [-0.4, -0.2) is 45.3 Å². The zero-order valence-corrected chi connectivity index (χ0v) is 14.1. The van der Waals surface area contributed by atoms with Gasteiger partial charge in [-0.15, -0.1) is 10.2 Å². The molecule has 2 rings (SSSR count). The van der Waals surface area contributed by atoms with E-state index >= 15 is 0 Å². The number of carbonyl (C=O) groups excluding carboxylic acids is 1. The number of urea groups is 1. The first kappa shape index (κ1) is 16.7. The van der Waals surface area contributed by atoms with Crippen molar-refractivity contribution in [3.8, 4) is 0 Å². The van der Waals surface area contributed by atoms with E-state index < -0.39 is 11.9 Å². The molecule has 2 heterocycles. The van der Waals surface area contributed by atoms with Crippen molar-refractivity contribution < 1.29 is 14.7 Å². The lowest BCUT2D eigenvalue weighted by Crippen LogP contribution is -2.47. The molecule has 22 heavy (non-hydrogen) atoms. The van der Waals surface area contributed by atoms with Crippen LogP contribution in [0.2, 0.25) is 0 Å². The largest absolute Gasteiger partial charge is 0.481 e. The van der Waals surface area contributed by atoms with E-state index in [4.69, 9.17) is 5.11 Å². The standard InChI is InChI=1S/C14H22N4O3S/c1-8-5-9(10(19)20)7-18(6-8)13(21)15-12-17-16-11(22-12)14(2,3)4/h8-9H,5-7H2,1-4H3,(H,19,20)(H,15,17,21). The van der Waals surface area contributed by atoms with E-state index in [1.165, 1.54) is 11.3 Å². The van der Waals surface area contributed by atoms with Gasteiger partial charge in [-0.3, -0.25) is 10.1 Å². The monoisotopic (exact) mass is 326 g/mol. The summed E-state index contributed by atoms with van der Waals surface area (Å²) in [5, 5.41) is 21.2. The number of rotatable bonds is 2. The van der Waals surface area contributed by atoms with E-state index in [1.807, 2.05) is 27.7 Å². The number of nitrogens with one attached hydrogen (secondary N) is 1. The summed E-state index contributed by atoms with van der Waals surface area (Å²) in [4.78, 5) is 25.0. The van der Waals surface area contributed by atoms with E-state index in [0.29, 0.717) is 18.1 Å². The molecule has 0 saturated carbocycles. The van der Waals surface area contributed by atoms with Gasteiger partial charge in [0.25, 0.3) is 0 Å². The van der Waals surface area contributed by atoms with E-state index in [0.717, 1.165) is 5.01 Å². The zero-order chi connectivity index (χ0) is 16.5.